The number of hydrogen-bond donors (Lipinski definition) is 1. The van der Waals surface area contributed by atoms with Crippen molar-refractivity contribution in [1.82, 2.24) is 20.1 Å². The SMILES string of the molecule is CCc1nnc(NC(=O)[C@H](C)N(C)Cc2cnc3ccccc3c2)s1. The fraction of sp³-hybridized carbons (Fsp3) is 0.333. The zero-order valence-electron chi connectivity index (χ0n) is 14.6. The number of carbonyl (C=O) groups is 1. The van der Waals surface area contributed by atoms with Gasteiger partial charge >= 0.3 is 0 Å². The van der Waals surface area contributed by atoms with Crippen LogP contribution in [0.5, 0.6) is 0 Å². The average molecular weight is 355 g/mol. The Morgan fingerprint density at radius 1 is 1.32 bits per heavy atom. The molecule has 0 aliphatic heterocycles. The molecule has 130 valence electrons. The number of likely N-dealkylation sites (N-methyl/N-ethyl adjacent to an activating group) is 1. The Morgan fingerprint density at radius 2 is 2.12 bits per heavy atom. The van der Waals surface area contributed by atoms with Gasteiger partial charge in [-0.3, -0.25) is 20.0 Å². The van der Waals surface area contributed by atoms with Gasteiger partial charge in [-0.2, -0.15) is 0 Å². The Balaban J connectivity index is 1.64. The largest absolute Gasteiger partial charge is 0.299 e. The number of pyridine rings is 1. The van der Waals surface area contributed by atoms with Crippen LogP contribution in [0.3, 0.4) is 0 Å². The second-order valence-electron chi connectivity index (χ2n) is 5.97. The number of nitrogens with one attached hydrogen (secondary N) is 1. The maximum atomic E-state index is 12.4. The van der Waals surface area contributed by atoms with Crippen LogP contribution in [0.2, 0.25) is 0 Å². The molecule has 0 radical (unpaired) electrons. The predicted molar refractivity (Wildman–Crippen MR) is 101 cm³/mol. The molecule has 6 nitrogen and oxygen atoms in total. The fourth-order valence-electron chi connectivity index (χ4n) is 2.48. The lowest BCUT2D eigenvalue weighted by molar-refractivity contribution is -0.120. The highest BCUT2D eigenvalue weighted by Gasteiger charge is 2.19. The monoisotopic (exact) mass is 355 g/mol. The third kappa shape index (κ3) is 4.18. The number of aromatic nitrogens is 3. The molecule has 0 fully saturated rings. The predicted octanol–water partition coefficient (Wildman–Crippen LogP) is 3.11. The summed E-state index contributed by atoms with van der Waals surface area (Å²) in [7, 11) is 1.93. The van der Waals surface area contributed by atoms with E-state index in [4.69, 9.17) is 0 Å². The van der Waals surface area contributed by atoms with Crippen LogP contribution in [-0.4, -0.2) is 39.1 Å². The number of rotatable bonds is 6. The maximum Gasteiger partial charge on any atom is 0.243 e. The molecule has 1 N–H and O–H groups in total. The molecule has 7 heteroatoms. The molecule has 0 unspecified atom stereocenters. The molecule has 3 aromatic rings. The van der Waals surface area contributed by atoms with Crippen LogP contribution < -0.4 is 5.32 Å². The molecule has 0 bridgehead atoms. The molecular formula is C18H21N5OS. The van der Waals surface area contributed by atoms with E-state index in [9.17, 15) is 4.79 Å². The minimum atomic E-state index is -0.291. The lowest BCUT2D eigenvalue weighted by atomic mass is 10.1. The van der Waals surface area contributed by atoms with E-state index < -0.39 is 0 Å². The summed E-state index contributed by atoms with van der Waals surface area (Å²) in [4.78, 5) is 18.9. The molecule has 2 heterocycles. The minimum Gasteiger partial charge on any atom is -0.299 e. The Labute approximate surface area is 150 Å². The Kier molecular flexibility index (Phi) is 5.35. The van der Waals surface area contributed by atoms with Crippen LogP contribution in [0.25, 0.3) is 10.9 Å². The Morgan fingerprint density at radius 3 is 2.88 bits per heavy atom. The van der Waals surface area contributed by atoms with Gasteiger partial charge in [-0.15, -0.1) is 10.2 Å². The number of nitrogens with zero attached hydrogens (tertiary/aromatic N) is 4. The summed E-state index contributed by atoms with van der Waals surface area (Å²) in [6.07, 6.45) is 2.68. The van der Waals surface area contributed by atoms with E-state index in [0.717, 1.165) is 27.9 Å². The third-order valence-electron chi connectivity index (χ3n) is 4.12. The number of hydrogen-bond acceptors (Lipinski definition) is 6. The van der Waals surface area contributed by atoms with Crippen LogP contribution >= 0.6 is 11.3 Å². The summed E-state index contributed by atoms with van der Waals surface area (Å²) in [5.41, 5.74) is 2.05. The van der Waals surface area contributed by atoms with E-state index >= 15 is 0 Å². The van der Waals surface area contributed by atoms with Gasteiger partial charge in [0.05, 0.1) is 11.6 Å². The van der Waals surface area contributed by atoms with Gasteiger partial charge in [0.25, 0.3) is 0 Å². The second-order valence-corrected chi connectivity index (χ2v) is 7.03. The molecule has 1 atom stereocenters. The first kappa shape index (κ1) is 17.4. The van der Waals surface area contributed by atoms with Gasteiger partial charge in [0.15, 0.2) is 0 Å². The lowest BCUT2D eigenvalue weighted by Gasteiger charge is -2.23. The number of anilines is 1. The molecule has 0 spiro atoms. The average Bonchev–Trinajstić information content (AvgIpc) is 3.08. The summed E-state index contributed by atoms with van der Waals surface area (Å²) in [6, 6.07) is 9.83. The molecule has 1 amide bonds. The van der Waals surface area contributed by atoms with Crippen molar-refractivity contribution < 1.29 is 4.79 Å². The quantitative estimate of drug-likeness (QED) is 0.736. The molecule has 0 saturated heterocycles. The van der Waals surface area contributed by atoms with Crippen molar-refractivity contribution in [3.63, 3.8) is 0 Å². The number of fused-ring (bicyclic) bond motifs is 1. The number of para-hydroxylation sites is 1. The lowest BCUT2D eigenvalue weighted by Crippen LogP contribution is -2.39. The van der Waals surface area contributed by atoms with Crippen molar-refractivity contribution in [3.8, 4) is 0 Å². The first-order valence-corrected chi connectivity index (χ1v) is 9.05. The Hall–Kier alpha value is -2.38. The minimum absolute atomic E-state index is 0.0879. The first-order valence-electron chi connectivity index (χ1n) is 8.24. The van der Waals surface area contributed by atoms with Crippen LogP contribution in [0.15, 0.2) is 36.5 Å². The van der Waals surface area contributed by atoms with Crippen molar-refractivity contribution in [2.45, 2.75) is 32.9 Å². The number of amides is 1. The summed E-state index contributed by atoms with van der Waals surface area (Å²) in [6.45, 7) is 4.54. The van der Waals surface area contributed by atoms with Crippen molar-refractivity contribution in [2.24, 2.45) is 0 Å². The number of aryl methyl sites for hydroxylation is 1. The normalized spacial score (nSPS) is 12.5. The highest BCUT2D eigenvalue weighted by atomic mass is 32.1. The van der Waals surface area contributed by atoms with Crippen LogP contribution in [0.4, 0.5) is 5.13 Å². The van der Waals surface area contributed by atoms with Crippen molar-refractivity contribution in [1.29, 1.82) is 0 Å². The first-order chi connectivity index (χ1) is 12.1. The molecule has 3 rings (SSSR count). The van der Waals surface area contributed by atoms with Crippen LogP contribution in [0.1, 0.15) is 24.4 Å². The molecular weight excluding hydrogens is 334 g/mol. The molecule has 0 aliphatic rings. The van der Waals surface area contributed by atoms with E-state index in [0.29, 0.717) is 11.7 Å². The summed E-state index contributed by atoms with van der Waals surface area (Å²) < 4.78 is 0. The van der Waals surface area contributed by atoms with Crippen molar-refractivity contribution in [3.05, 3.63) is 47.1 Å². The van der Waals surface area contributed by atoms with E-state index in [1.54, 1.807) is 0 Å². The fourth-order valence-corrected chi connectivity index (χ4v) is 3.17. The molecule has 1 aromatic carbocycles. The second kappa shape index (κ2) is 7.67. The zero-order chi connectivity index (χ0) is 17.8. The maximum absolute atomic E-state index is 12.4. The van der Waals surface area contributed by atoms with Crippen LogP contribution in [-0.2, 0) is 17.8 Å². The summed E-state index contributed by atoms with van der Waals surface area (Å²) in [5.74, 6) is -0.0879. The number of carbonyl (C=O) groups excluding carboxylic acids is 1. The zero-order valence-corrected chi connectivity index (χ0v) is 15.4. The highest BCUT2D eigenvalue weighted by Crippen LogP contribution is 2.17. The van der Waals surface area contributed by atoms with Gasteiger partial charge in [-0.1, -0.05) is 36.5 Å². The molecule has 25 heavy (non-hydrogen) atoms. The summed E-state index contributed by atoms with van der Waals surface area (Å²) in [5, 5.41) is 13.4. The molecule has 0 aliphatic carbocycles. The summed E-state index contributed by atoms with van der Waals surface area (Å²) >= 11 is 1.41. The standard InChI is InChI=1S/C18H21N5OS/c1-4-16-21-22-18(25-16)20-17(24)12(2)23(3)11-13-9-14-7-5-6-8-15(14)19-10-13/h5-10,12H,4,11H2,1-3H3,(H,20,22,24)/t12-/m0/s1. The van der Waals surface area contributed by atoms with E-state index in [1.807, 2.05) is 56.3 Å². The van der Waals surface area contributed by atoms with E-state index in [2.05, 4.69) is 26.6 Å². The van der Waals surface area contributed by atoms with Crippen LogP contribution in [0, 0.1) is 0 Å². The van der Waals surface area contributed by atoms with Gasteiger partial charge in [0.2, 0.25) is 11.0 Å². The van der Waals surface area contributed by atoms with E-state index in [1.165, 1.54) is 11.3 Å². The highest BCUT2D eigenvalue weighted by molar-refractivity contribution is 7.15. The third-order valence-corrected chi connectivity index (χ3v) is 5.10. The van der Waals surface area contributed by atoms with Gasteiger partial charge in [0, 0.05) is 18.1 Å². The number of benzene rings is 1. The molecule has 0 saturated carbocycles. The van der Waals surface area contributed by atoms with E-state index in [-0.39, 0.29) is 11.9 Å². The van der Waals surface area contributed by atoms with Gasteiger partial charge < -0.3 is 0 Å². The smallest absolute Gasteiger partial charge is 0.243 e. The van der Waals surface area contributed by atoms with Gasteiger partial charge in [-0.25, -0.2) is 0 Å². The Bertz CT molecular complexity index is 879. The van der Waals surface area contributed by atoms with Gasteiger partial charge in [-0.05, 0) is 38.1 Å². The van der Waals surface area contributed by atoms with Crippen molar-refractivity contribution >= 4 is 33.3 Å². The topological polar surface area (TPSA) is 71.0 Å². The van der Waals surface area contributed by atoms with Crippen molar-refractivity contribution in [2.75, 3.05) is 12.4 Å². The van der Waals surface area contributed by atoms with Gasteiger partial charge in [0.1, 0.15) is 5.01 Å². The molecule has 2 aromatic heterocycles.